The van der Waals surface area contributed by atoms with Crippen molar-refractivity contribution in [3.05, 3.63) is 0 Å². The molecule has 3 unspecified atom stereocenters. The number of likely N-dealkylation sites (tertiary alicyclic amines) is 1. The summed E-state index contributed by atoms with van der Waals surface area (Å²) in [5.74, 6) is -0.541. The predicted octanol–water partition coefficient (Wildman–Crippen LogP) is 0.463. The molecule has 142 valence electrons. The smallest absolute Gasteiger partial charge is 0.220 e. The van der Waals surface area contributed by atoms with Gasteiger partial charge in [0.2, 0.25) is 11.8 Å². The van der Waals surface area contributed by atoms with Crippen LogP contribution in [0.2, 0.25) is 0 Å². The number of rotatable bonds is 9. The minimum Gasteiger partial charge on any atom is -0.369 e. The molecule has 0 aromatic heterocycles. The second kappa shape index (κ2) is 9.29. The van der Waals surface area contributed by atoms with E-state index in [0.29, 0.717) is 19.4 Å². The van der Waals surface area contributed by atoms with Crippen molar-refractivity contribution < 1.29 is 19.1 Å². The lowest BCUT2D eigenvalue weighted by molar-refractivity contribution is -0.126. The number of nitrogens with one attached hydrogen (secondary N) is 1. The Morgan fingerprint density at radius 2 is 2.00 bits per heavy atom. The molecular formula is C18H31N3O4. The van der Waals surface area contributed by atoms with Gasteiger partial charge in [0.1, 0.15) is 12.6 Å². The van der Waals surface area contributed by atoms with Gasteiger partial charge in [0, 0.05) is 18.9 Å². The quantitative estimate of drug-likeness (QED) is 0.627. The van der Waals surface area contributed by atoms with Crippen molar-refractivity contribution >= 4 is 17.6 Å². The number of primary amides is 1. The number of carbonyl (C=O) groups excluding carboxylic acids is 3. The van der Waals surface area contributed by atoms with Gasteiger partial charge in [-0.2, -0.15) is 0 Å². The largest absolute Gasteiger partial charge is 0.369 e. The average molecular weight is 353 g/mol. The number of carbonyl (C=O) groups is 3. The third-order valence-corrected chi connectivity index (χ3v) is 5.48. The summed E-state index contributed by atoms with van der Waals surface area (Å²) in [5.41, 5.74) is 5.30. The summed E-state index contributed by atoms with van der Waals surface area (Å²) in [5, 5.41) is 2.85. The second-order valence-corrected chi connectivity index (χ2v) is 7.43. The third kappa shape index (κ3) is 5.78. The van der Waals surface area contributed by atoms with E-state index >= 15 is 0 Å². The molecule has 0 saturated carbocycles. The van der Waals surface area contributed by atoms with Gasteiger partial charge in [-0.3, -0.25) is 14.4 Å². The Bertz CT molecular complexity index is 491. The molecule has 2 heterocycles. The van der Waals surface area contributed by atoms with Gasteiger partial charge in [-0.25, -0.2) is 0 Å². The van der Waals surface area contributed by atoms with Gasteiger partial charge in [0.15, 0.2) is 5.78 Å². The lowest BCUT2D eigenvalue weighted by atomic mass is 9.90. The van der Waals surface area contributed by atoms with Gasteiger partial charge < -0.3 is 20.7 Å². The van der Waals surface area contributed by atoms with Gasteiger partial charge >= 0.3 is 0 Å². The summed E-state index contributed by atoms with van der Waals surface area (Å²) in [7, 11) is 0. The van der Waals surface area contributed by atoms with Gasteiger partial charge in [-0.15, -0.1) is 0 Å². The molecule has 2 saturated heterocycles. The predicted molar refractivity (Wildman–Crippen MR) is 93.7 cm³/mol. The zero-order chi connectivity index (χ0) is 18.4. The van der Waals surface area contributed by atoms with Crippen LogP contribution in [0.25, 0.3) is 0 Å². The van der Waals surface area contributed by atoms with Crippen molar-refractivity contribution in [1.82, 2.24) is 10.2 Å². The minimum absolute atomic E-state index is 0.0479. The zero-order valence-electron chi connectivity index (χ0n) is 15.3. The standard InChI is InChI=1S/C18H31N3O4/c1-12(13(2)18(19)24)6-5-7-16(23)20-17-14(22)11-25-15(17)10-21-8-3-4-9-21/h12-13,15,17H,3-11H2,1-2H3,(H2,19,24)(H,20,23)/t12?,13?,15-,17?/m0/s1. The first-order valence-corrected chi connectivity index (χ1v) is 9.34. The lowest BCUT2D eigenvalue weighted by Gasteiger charge is -2.24. The summed E-state index contributed by atoms with van der Waals surface area (Å²) < 4.78 is 5.58. The first kappa shape index (κ1) is 19.8. The maximum Gasteiger partial charge on any atom is 0.220 e. The van der Waals surface area contributed by atoms with Crippen molar-refractivity contribution in [2.45, 2.75) is 58.1 Å². The van der Waals surface area contributed by atoms with Gasteiger partial charge in [0.05, 0.1) is 6.10 Å². The van der Waals surface area contributed by atoms with E-state index in [-0.39, 0.29) is 42.1 Å². The molecule has 0 aromatic rings. The Morgan fingerprint density at radius 3 is 2.64 bits per heavy atom. The number of hydrogen-bond acceptors (Lipinski definition) is 5. The molecule has 0 aliphatic carbocycles. The molecule has 0 bridgehead atoms. The summed E-state index contributed by atoms with van der Waals surface area (Å²) >= 11 is 0. The van der Waals surface area contributed by atoms with E-state index in [0.717, 1.165) is 19.5 Å². The number of nitrogens with zero attached hydrogens (tertiary/aromatic N) is 1. The normalized spacial score (nSPS) is 26.6. The van der Waals surface area contributed by atoms with Crippen LogP contribution >= 0.6 is 0 Å². The number of Topliss-reactive ketones (excluding diaryl/α,β-unsaturated/α-hetero) is 1. The number of ether oxygens (including phenoxy) is 1. The Kier molecular flexibility index (Phi) is 7.38. The zero-order valence-corrected chi connectivity index (χ0v) is 15.3. The maximum absolute atomic E-state index is 12.2. The molecule has 2 amide bonds. The molecule has 7 heteroatoms. The fraction of sp³-hybridized carbons (Fsp3) is 0.833. The number of hydrogen-bond donors (Lipinski definition) is 2. The highest BCUT2D eigenvalue weighted by molar-refractivity contribution is 5.91. The first-order chi connectivity index (χ1) is 11.9. The Morgan fingerprint density at radius 1 is 1.32 bits per heavy atom. The summed E-state index contributed by atoms with van der Waals surface area (Å²) in [6, 6.07) is -0.532. The van der Waals surface area contributed by atoms with Crippen LogP contribution in [0.3, 0.4) is 0 Å². The molecule has 2 rings (SSSR count). The van der Waals surface area contributed by atoms with Crippen LogP contribution < -0.4 is 11.1 Å². The molecule has 2 aliphatic heterocycles. The van der Waals surface area contributed by atoms with Crippen LogP contribution in [0.1, 0.15) is 46.0 Å². The van der Waals surface area contributed by atoms with Gasteiger partial charge in [-0.1, -0.05) is 13.8 Å². The molecule has 0 radical (unpaired) electrons. The van der Waals surface area contributed by atoms with Crippen molar-refractivity contribution in [2.75, 3.05) is 26.2 Å². The molecule has 2 aliphatic rings. The van der Waals surface area contributed by atoms with Gasteiger partial charge in [0.25, 0.3) is 0 Å². The van der Waals surface area contributed by atoms with Crippen LogP contribution in [-0.2, 0) is 19.1 Å². The first-order valence-electron chi connectivity index (χ1n) is 9.34. The highest BCUT2D eigenvalue weighted by Gasteiger charge is 2.38. The van der Waals surface area contributed by atoms with E-state index in [1.54, 1.807) is 0 Å². The molecule has 2 fully saturated rings. The highest BCUT2D eigenvalue weighted by Crippen LogP contribution is 2.19. The molecular weight excluding hydrogens is 322 g/mol. The fourth-order valence-electron chi connectivity index (χ4n) is 3.49. The summed E-state index contributed by atoms with van der Waals surface area (Å²) in [4.78, 5) is 37.7. The van der Waals surface area contributed by atoms with Crippen molar-refractivity contribution in [3.63, 3.8) is 0 Å². The van der Waals surface area contributed by atoms with Crippen LogP contribution in [0.5, 0.6) is 0 Å². The topological polar surface area (TPSA) is 102 Å². The Hall–Kier alpha value is -1.47. The van der Waals surface area contributed by atoms with E-state index in [4.69, 9.17) is 10.5 Å². The summed E-state index contributed by atoms with van der Waals surface area (Å²) in [6.45, 7) is 6.62. The monoisotopic (exact) mass is 353 g/mol. The molecule has 0 spiro atoms. The molecule has 25 heavy (non-hydrogen) atoms. The van der Waals surface area contributed by atoms with Crippen LogP contribution in [-0.4, -0.2) is 60.9 Å². The Labute approximate surface area is 149 Å². The second-order valence-electron chi connectivity index (χ2n) is 7.43. The fourth-order valence-corrected chi connectivity index (χ4v) is 3.49. The molecule has 3 N–H and O–H groups in total. The van der Waals surface area contributed by atoms with Gasteiger partial charge in [-0.05, 0) is 44.7 Å². The molecule has 4 atom stereocenters. The van der Waals surface area contributed by atoms with Crippen molar-refractivity contribution in [3.8, 4) is 0 Å². The van der Waals surface area contributed by atoms with Crippen LogP contribution in [0.4, 0.5) is 0 Å². The molecule has 7 nitrogen and oxygen atoms in total. The number of nitrogens with two attached hydrogens (primary N) is 1. The van der Waals surface area contributed by atoms with E-state index in [1.807, 2.05) is 13.8 Å². The van der Waals surface area contributed by atoms with E-state index in [1.165, 1.54) is 12.8 Å². The maximum atomic E-state index is 12.2. The van der Waals surface area contributed by atoms with E-state index < -0.39 is 6.04 Å². The SMILES string of the molecule is CC(CCCC(=O)NC1C(=O)CO[C@H]1CN1CCCC1)C(C)C(N)=O. The third-order valence-electron chi connectivity index (χ3n) is 5.48. The van der Waals surface area contributed by atoms with E-state index in [2.05, 4.69) is 10.2 Å². The number of ketones is 1. The van der Waals surface area contributed by atoms with E-state index in [9.17, 15) is 14.4 Å². The summed E-state index contributed by atoms with van der Waals surface area (Å²) in [6.07, 6.45) is 3.88. The molecule has 0 aromatic carbocycles. The van der Waals surface area contributed by atoms with Crippen molar-refractivity contribution in [1.29, 1.82) is 0 Å². The minimum atomic E-state index is -0.532. The highest BCUT2D eigenvalue weighted by atomic mass is 16.5. The average Bonchev–Trinajstić information content (AvgIpc) is 3.19. The number of amides is 2. The Balaban J connectivity index is 1.74. The lowest BCUT2D eigenvalue weighted by Crippen LogP contribution is -2.48. The van der Waals surface area contributed by atoms with Crippen LogP contribution in [0.15, 0.2) is 0 Å². The van der Waals surface area contributed by atoms with Crippen LogP contribution in [0, 0.1) is 11.8 Å². The van der Waals surface area contributed by atoms with Crippen molar-refractivity contribution in [2.24, 2.45) is 17.6 Å².